The highest BCUT2D eigenvalue weighted by atomic mass is 35.5. The lowest BCUT2D eigenvalue weighted by molar-refractivity contribution is -0.137. The molecule has 0 bridgehead atoms. The van der Waals surface area contributed by atoms with Crippen LogP contribution in [0, 0.1) is 0 Å². The minimum absolute atomic E-state index is 0.0136. The van der Waals surface area contributed by atoms with Crippen LogP contribution in [0.5, 0.6) is 5.75 Å². The van der Waals surface area contributed by atoms with Gasteiger partial charge in [-0.25, -0.2) is 4.98 Å². The third-order valence-electron chi connectivity index (χ3n) is 8.12. The Labute approximate surface area is 241 Å². The van der Waals surface area contributed by atoms with Crippen LogP contribution in [0.3, 0.4) is 0 Å². The van der Waals surface area contributed by atoms with Gasteiger partial charge in [-0.3, -0.25) is 14.6 Å². The topological polar surface area (TPSA) is 82.1 Å². The van der Waals surface area contributed by atoms with E-state index in [0.717, 1.165) is 12.5 Å². The monoisotopic (exact) mass is 592 g/mol. The predicted molar refractivity (Wildman–Crippen MR) is 148 cm³/mol. The van der Waals surface area contributed by atoms with E-state index in [-0.39, 0.29) is 59.5 Å². The van der Waals surface area contributed by atoms with Crippen LogP contribution < -0.4 is 9.64 Å². The molecule has 5 heterocycles. The van der Waals surface area contributed by atoms with Crippen molar-refractivity contribution in [2.75, 3.05) is 51.8 Å². The Morgan fingerprint density at radius 2 is 1.98 bits per heavy atom. The molecule has 2 fully saturated rings. The number of aromatic nitrogens is 2. The molecule has 13 heteroatoms. The summed E-state index contributed by atoms with van der Waals surface area (Å²) in [7, 11) is 3.91. The summed E-state index contributed by atoms with van der Waals surface area (Å²) < 4.78 is 48.4. The number of anilines is 1. The second-order valence-electron chi connectivity index (χ2n) is 11.4. The number of piperazine rings is 1. The van der Waals surface area contributed by atoms with Crippen molar-refractivity contribution in [1.29, 1.82) is 0 Å². The molecule has 3 aliphatic heterocycles. The number of hydrogen-bond acceptors (Lipinski definition) is 7. The second kappa shape index (κ2) is 10.5. The van der Waals surface area contributed by atoms with Gasteiger partial charge in [-0.05, 0) is 52.6 Å². The van der Waals surface area contributed by atoms with Gasteiger partial charge in [0, 0.05) is 44.0 Å². The zero-order valence-corrected chi connectivity index (χ0v) is 24.1. The zero-order valence-electron chi connectivity index (χ0n) is 23.3. The largest absolute Gasteiger partial charge is 0.489 e. The van der Waals surface area contributed by atoms with Crippen molar-refractivity contribution in [2.24, 2.45) is 0 Å². The molecule has 0 saturated carbocycles. The SMILES string of the molecule is C=CC(=O)N1CCN2C(=O)c3c(N4CC(N(C)C)CC4(C)C)nc(-c4ncccc4C(F)(F)F)c(Cl)c3OC[C@H]2C1. The van der Waals surface area contributed by atoms with E-state index in [1.165, 1.54) is 18.3 Å². The molecule has 0 aromatic carbocycles. The van der Waals surface area contributed by atoms with Gasteiger partial charge in [-0.1, -0.05) is 18.2 Å². The molecule has 41 heavy (non-hydrogen) atoms. The summed E-state index contributed by atoms with van der Waals surface area (Å²) in [4.78, 5) is 42.5. The smallest absolute Gasteiger partial charge is 0.418 e. The van der Waals surface area contributed by atoms with Crippen molar-refractivity contribution in [2.45, 2.75) is 44.1 Å². The molecule has 0 N–H and O–H groups in total. The lowest BCUT2D eigenvalue weighted by atomic mass is 9.99. The Morgan fingerprint density at radius 1 is 1.24 bits per heavy atom. The molecule has 2 aromatic heterocycles. The maximum absolute atomic E-state index is 14.2. The molecule has 5 rings (SSSR count). The van der Waals surface area contributed by atoms with Crippen LogP contribution in [0.4, 0.5) is 19.0 Å². The summed E-state index contributed by atoms with van der Waals surface area (Å²) in [5, 5.41) is -0.221. The number of amides is 2. The van der Waals surface area contributed by atoms with E-state index >= 15 is 0 Å². The van der Waals surface area contributed by atoms with Crippen molar-refractivity contribution in [3.8, 4) is 17.1 Å². The van der Waals surface area contributed by atoms with Crippen molar-refractivity contribution < 1.29 is 27.5 Å². The number of likely N-dealkylation sites (N-methyl/N-ethyl adjacent to an activating group) is 1. The maximum atomic E-state index is 14.2. The van der Waals surface area contributed by atoms with Crippen LogP contribution in [0.15, 0.2) is 31.0 Å². The Hall–Kier alpha value is -3.38. The molecule has 220 valence electrons. The molecular weight excluding hydrogens is 561 g/mol. The average molecular weight is 593 g/mol. The lowest BCUT2D eigenvalue weighted by Crippen LogP contribution is -2.57. The number of fused-ring (bicyclic) bond motifs is 2. The summed E-state index contributed by atoms with van der Waals surface area (Å²) in [6, 6.07) is 1.72. The number of alkyl halides is 3. The van der Waals surface area contributed by atoms with Gasteiger partial charge < -0.3 is 24.3 Å². The number of ether oxygens (including phenoxy) is 1. The van der Waals surface area contributed by atoms with Gasteiger partial charge in [0.25, 0.3) is 5.91 Å². The normalized spacial score (nSPS) is 22.3. The first-order valence-corrected chi connectivity index (χ1v) is 13.7. The lowest BCUT2D eigenvalue weighted by Gasteiger charge is -2.40. The van der Waals surface area contributed by atoms with E-state index in [1.807, 2.05) is 32.8 Å². The Morgan fingerprint density at radius 3 is 2.61 bits per heavy atom. The van der Waals surface area contributed by atoms with E-state index in [0.29, 0.717) is 13.1 Å². The van der Waals surface area contributed by atoms with Gasteiger partial charge >= 0.3 is 6.18 Å². The van der Waals surface area contributed by atoms with Crippen LogP contribution in [0.2, 0.25) is 5.02 Å². The molecule has 2 atom stereocenters. The number of hydrogen-bond donors (Lipinski definition) is 0. The van der Waals surface area contributed by atoms with Crippen molar-refractivity contribution >= 4 is 29.2 Å². The number of pyridine rings is 2. The molecule has 2 amide bonds. The third kappa shape index (κ3) is 5.12. The molecular formula is C28H32ClF3N6O3. The fraction of sp³-hybridized carbons (Fsp3) is 0.500. The number of halogens is 4. The predicted octanol–water partition coefficient (Wildman–Crippen LogP) is 3.97. The van der Waals surface area contributed by atoms with E-state index < -0.39 is 34.9 Å². The van der Waals surface area contributed by atoms with Crippen molar-refractivity contribution in [3.05, 3.63) is 47.1 Å². The second-order valence-corrected chi connectivity index (χ2v) is 11.8. The van der Waals surface area contributed by atoms with Gasteiger partial charge in [0.05, 0.1) is 11.6 Å². The van der Waals surface area contributed by atoms with E-state index in [9.17, 15) is 22.8 Å². The van der Waals surface area contributed by atoms with Gasteiger partial charge in [0.2, 0.25) is 5.91 Å². The van der Waals surface area contributed by atoms with E-state index in [4.69, 9.17) is 21.3 Å². The Bertz CT molecular complexity index is 1400. The summed E-state index contributed by atoms with van der Waals surface area (Å²) >= 11 is 6.78. The van der Waals surface area contributed by atoms with Crippen LogP contribution >= 0.6 is 11.6 Å². The highest BCUT2D eigenvalue weighted by Crippen LogP contribution is 2.48. The molecule has 1 unspecified atom stereocenters. The first-order chi connectivity index (χ1) is 19.2. The van der Waals surface area contributed by atoms with Gasteiger partial charge in [0.15, 0.2) is 5.75 Å². The van der Waals surface area contributed by atoms with Crippen LogP contribution in [-0.2, 0) is 11.0 Å². The quantitative estimate of drug-likeness (QED) is 0.497. The summed E-state index contributed by atoms with van der Waals surface area (Å²) in [6.45, 7) is 8.78. The molecule has 0 spiro atoms. The Kier molecular flexibility index (Phi) is 7.44. The van der Waals surface area contributed by atoms with E-state index in [2.05, 4.69) is 16.5 Å². The maximum Gasteiger partial charge on any atom is 0.418 e. The molecule has 2 saturated heterocycles. The summed E-state index contributed by atoms with van der Waals surface area (Å²) in [5.74, 6) is -0.492. The van der Waals surface area contributed by atoms with Crippen LogP contribution in [0.25, 0.3) is 11.4 Å². The fourth-order valence-corrected chi connectivity index (χ4v) is 6.16. The van der Waals surface area contributed by atoms with Gasteiger partial charge in [-0.2, -0.15) is 13.2 Å². The first kappa shape index (κ1) is 29.1. The Balaban J connectivity index is 1.71. The van der Waals surface area contributed by atoms with Crippen LogP contribution in [0.1, 0.15) is 36.2 Å². The first-order valence-electron chi connectivity index (χ1n) is 13.3. The highest BCUT2D eigenvalue weighted by molar-refractivity contribution is 6.35. The number of carbonyl (C=O) groups excluding carboxylic acids is 2. The van der Waals surface area contributed by atoms with Gasteiger partial charge in [-0.15, -0.1) is 0 Å². The molecule has 3 aliphatic rings. The van der Waals surface area contributed by atoms with Crippen molar-refractivity contribution in [3.63, 3.8) is 0 Å². The number of nitrogens with zero attached hydrogens (tertiary/aromatic N) is 6. The number of carbonyl (C=O) groups is 2. The highest BCUT2D eigenvalue weighted by Gasteiger charge is 2.46. The molecule has 9 nitrogen and oxygen atoms in total. The average Bonchev–Trinajstić information content (AvgIpc) is 3.17. The fourth-order valence-electron chi connectivity index (χ4n) is 5.88. The molecule has 0 aliphatic carbocycles. The molecule has 0 radical (unpaired) electrons. The summed E-state index contributed by atoms with van der Waals surface area (Å²) in [5.41, 5.74) is -2.06. The minimum Gasteiger partial charge on any atom is -0.489 e. The van der Waals surface area contributed by atoms with E-state index in [1.54, 1.807) is 9.80 Å². The third-order valence-corrected chi connectivity index (χ3v) is 8.47. The number of rotatable bonds is 4. The minimum atomic E-state index is -4.72. The van der Waals surface area contributed by atoms with Gasteiger partial charge in [0.1, 0.15) is 34.4 Å². The van der Waals surface area contributed by atoms with Crippen molar-refractivity contribution in [1.82, 2.24) is 24.7 Å². The molecule has 2 aromatic rings. The summed E-state index contributed by atoms with van der Waals surface area (Å²) in [6.07, 6.45) is -1.53. The zero-order chi connectivity index (χ0) is 29.9. The standard InChI is InChI=1S/C28H32ClF3N6O3/c1-6-19(39)36-10-11-37-17(13-36)15-41-24-20(26(37)40)25(38-14-16(35(4)5)12-27(38,2)3)34-23(21(24)29)22-18(28(30,31)32)8-7-9-33-22/h6-9,16-17H,1,10-15H2,2-5H3/t16?,17-/m1/s1. The van der Waals surface area contributed by atoms with Crippen LogP contribution in [-0.4, -0.2) is 101 Å².